The molecular weight excluding hydrogens is 330 g/mol. The van der Waals surface area contributed by atoms with E-state index in [4.69, 9.17) is 11.6 Å². The molecule has 1 atom stereocenters. The standard InChI is InChI=1S/C16H18ClN5S/c1-10-12(16(17)21(2)20-10)7-22-5-3-13-14(19-9-18-13)15(22)11-4-6-23-8-11/h4,6,8-9,15H,3,5,7H2,1-2H3,(H,18,19)/t15-/m1/s1. The van der Waals surface area contributed by atoms with E-state index in [-0.39, 0.29) is 6.04 Å². The summed E-state index contributed by atoms with van der Waals surface area (Å²) < 4.78 is 1.75. The van der Waals surface area contributed by atoms with Crippen molar-refractivity contribution in [3.05, 3.63) is 56.5 Å². The number of H-pyrrole nitrogens is 1. The second-order valence-corrected chi connectivity index (χ2v) is 7.06. The number of hydrogen-bond acceptors (Lipinski definition) is 4. The van der Waals surface area contributed by atoms with Crippen LogP contribution in [0.3, 0.4) is 0 Å². The number of rotatable bonds is 3. The third-order valence-corrected chi connectivity index (χ3v) is 5.69. The van der Waals surface area contributed by atoms with Gasteiger partial charge in [-0.2, -0.15) is 16.4 Å². The maximum atomic E-state index is 6.44. The molecule has 5 nitrogen and oxygen atoms in total. The lowest BCUT2D eigenvalue weighted by Crippen LogP contribution is -2.35. The number of aromatic nitrogens is 4. The van der Waals surface area contributed by atoms with E-state index in [1.807, 2.05) is 14.0 Å². The van der Waals surface area contributed by atoms with E-state index in [1.54, 1.807) is 22.3 Å². The maximum absolute atomic E-state index is 6.44. The molecule has 3 aromatic rings. The minimum atomic E-state index is 0.173. The molecule has 7 heteroatoms. The smallest absolute Gasteiger partial charge is 0.131 e. The van der Waals surface area contributed by atoms with E-state index in [0.717, 1.165) is 41.6 Å². The van der Waals surface area contributed by atoms with Crippen molar-refractivity contribution in [1.29, 1.82) is 0 Å². The molecule has 0 amide bonds. The Morgan fingerprint density at radius 2 is 2.35 bits per heavy atom. The Labute approximate surface area is 143 Å². The number of fused-ring (bicyclic) bond motifs is 1. The van der Waals surface area contributed by atoms with Gasteiger partial charge in [0, 0.05) is 37.8 Å². The van der Waals surface area contributed by atoms with E-state index in [1.165, 1.54) is 11.3 Å². The number of thiophene rings is 1. The quantitative estimate of drug-likeness (QED) is 0.790. The largest absolute Gasteiger partial charge is 0.348 e. The first-order chi connectivity index (χ1) is 11.1. The number of nitrogens with zero attached hydrogens (tertiary/aromatic N) is 4. The van der Waals surface area contributed by atoms with Gasteiger partial charge in [0.25, 0.3) is 0 Å². The molecule has 3 aromatic heterocycles. The van der Waals surface area contributed by atoms with Gasteiger partial charge in [0.15, 0.2) is 0 Å². The molecule has 1 aliphatic rings. The van der Waals surface area contributed by atoms with Gasteiger partial charge in [-0.15, -0.1) is 0 Å². The van der Waals surface area contributed by atoms with Crippen molar-refractivity contribution in [2.24, 2.45) is 7.05 Å². The molecule has 4 heterocycles. The van der Waals surface area contributed by atoms with Crippen LogP contribution in [0.25, 0.3) is 0 Å². The fraction of sp³-hybridized carbons (Fsp3) is 0.375. The summed E-state index contributed by atoms with van der Waals surface area (Å²) in [4.78, 5) is 10.3. The predicted molar refractivity (Wildman–Crippen MR) is 91.8 cm³/mol. The van der Waals surface area contributed by atoms with Gasteiger partial charge in [-0.05, 0) is 29.3 Å². The van der Waals surface area contributed by atoms with Crippen LogP contribution in [0, 0.1) is 6.92 Å². The molecule has 0 unspecified atom stereocenters. The van der Waals surface area contributed by atoms with Crippen LogP contribution in [0.2, 0.25) is 5.15 Å². The zero-order valence-electron chi connectivity index (χ0n) is 13.1. The Hall–Kier alpha value is -1.63. The number of imidazole rings is 1. The van der Waals surface area contributed by atoms with Crippen molar-refractivity contribution in [3.63, 3.8) is 0 Å². The van der Waals surface area contributed by atoms with Crippen LogP contribution in [0.4, 0.5) is 0 Å². The van der Waals surface area contributed by atoms with Crippen LogP contribution >= 0.6 is 22.9 Å². The van der Waals surface area contributed by atoms with E-state index in [9.17, 15) is 0 Å². The first-order valence-corrected chi connectivity index (χ1v) is 8.93. The number of hydrogen-bond donors (Lipinski definition) is 1. The molecule has 23 heavy (non-hydrogen) atoms. The lowest BCUT2D eigenvalue weighted by atomic mass is 9.97. The van der Waals surface area contributed by atoms with Crippen molar-refractivity contribution in [2.75, 3.05) is 6.54 Å². The average molecular weight is 348 g/mol. The summed E-state index contributed by atoms with van der Waals surface area (Å²) in [6.07, 6.45) is 2.78. The molecule has 0 saturated heterocycles. The minimum absolute atomic E-state index is 0.173. The molecule has 0 bridgehead atoms. The summed E-state index contributed by atoms with van der Waals surface area (Å²) in [7, 11) is 1.89. The fourth-order valence-electron chi connectivity index (χ4n) is 3.35. The van der Waals surface area contributed by atoms with E-state index in [2.05, 4.69) is 36.8 Å². The van der Waals surface area contributed by atoms with Crippen LogP contribution in [0.15, 0.2) is 23.2 Å². The highest BCUT2D eigenvalue weighted by Crippen LogP contribution is 2.36. The second-order valence-electron chi connectivity index (χ2n) is 5.92. The monoisotopic (exact) mass is 347 g/mol. The predicted octanol–water partition coefficient (Wildman–Crippen LogP) is 3.31. The number of halogens is 1. The highest BCUT2D eigenvalue weighted by molar-refractivity contribution is 7.08. The van der Waals surface area contributed by atoms with Crippen molar-refractivity contribution in [3.8, 4) is 0 Å². The lowest BCUT2D eigenvalue weighted by molar-refractivity contribution is 0.200. The molecule has 0 saturated carbocycles. The molecule has 1 N–H and O–H groups in total. The Bertz CT molecular complexity index is 820. The molecule has 1 aliphatic heterocycles. The van der Waals surface area contributed by atoms with Gasteiger partial charge in [-0.25, -0.2) is 4.98 Å². The van der Waals surface area contributed by atoms with Crippen molar-refractivity contribution in [2.45, 2.75) is 25.9 Å². The van der Waals surface area contributed by atoms with Crippen molar-refractivity contribution >= 4 is 22.9 Å². The minimum Gasteiger partial charge on any atom is -0.348 e. The highest BCUT2D eigenvalue weighted by atomic mass is 35.5. The van der Waals surface area contributed by atoms with Gasteiger partial charge >= 0.3 is 0 Å². The summed E-state index contributed by atoms with van der Waals surface area (Å²) in [5.74, 6) is 0. The maximum Gasteiger partial charge on any atom is 0.131 e. The first kappa shape index (κ1) is 14.9. The van der Waals surface area contributed by atoms with E-state index in [0.29, 0.717) is 0 Å². The Morgan fingerprint density at radius 1 is 1.48 bits per heavy atom. The Kier molecular flexibility index (Phi) is 3.75. The third-order valence-electron chi connectivity index (χ3n) is 4.51. The van der Waals surface area contributed by atoms with Gasteiger partial charge in [0.05, 0.1) is 23.8 Å². The summed E-state index contributed by atoms with van der Waals surface area (Å²) in [6.45, 7) is 3.77. The van der Waals surface area contributed by atoms with Crippen molar-refractivity contribution < 1.29 is 0 Å². The summed E-state index contributed by atoms with van der Waals surface area (Å²) in [5, 5.41) is 9.49. The van der Waals surface area contributed by atoms with E-state index < -0.39 is 0 Å². The fourth-order valence-corrected chi connectivity index (χ4v) is 4.26. The second kappa shape index (κ2) is 5.78. The molecule has 0 aliphatic carbocycles. The lowest BCUT2D eigenvalue weighted by Gasteiger charge is -2.34. The molecule has 0 radical (unpaired) electrons. The zero-order valence-corrected chi connectivity index (χ0v) is 14.7. The van der Waals surface area contributed by atoms with Crippen LogP contribution in [0.5, 0.6) is 0 Å². The van der Waals surface area contributed by atoms with Gasteiger partial charge in [-0.3, -0.25) is 9.58 Å². The summed E-state index contributed by atoms with van der Waals surface area (Å²) >= 11 is 8.16. The first-order valence-electron chi connectivity index (χ1n) is 7.61. The number of nitrogens with one attached hydrogen (secondary N) is 1. The van der Waals surface area contributed by atoms with Gasteiger partial charge in [0.2, 0.25) is 0 Å². The molecule has 0 aromatic carbocycles. The molecule has 120 valence electrons. The number of aryl methyl sites for hydroxylation is 2. The van der Waals surface area contributed by atoms with Crippen LogP contribution in [0.1, 0.15) is 34.3 Å². The van der Waals surface area contributed by atoms with Gasteiger partial charge < -0.3 is 4.98 Å². The normalized spacial score (nSPS) is 18.3. The van der Waals surface area contributed by atoms with Gasteiger partial charge in [0.1, 0.15) is 5.15 Å². The highest BCUT2D eigenvalue weighted by Gasteiger charge is 2.32. The summed E-state index contributed by atoms with van der Waals surface area (Å²) in [5.41, 5.74) is 5.77. The zero-order chi connectivity index (χ0) is 16.0. The summed E-state index contributed by atoms with van der Waals surface area (Å²) in [6, 6.07) is 2.36. The van der Waals surface area contributed by atoms with Crippen LogP contribution in [-0.4, -0.2) is 31.2 Å². The Balaban J connectivity index is 1.73. The molecule has 0 spiro atoms. The average Bonchev–Trinajstić information content (AvgIpc) is 3.25. The topological polar surface area (TPSA) is 49.7 Å². The molecular formula is C16H18ClN5S. The SMILES string of the molecule is Cc1nn(C)c(Cl)c1CN1CCc2[nH]cnc2[C@H]1c1ccsc1. The van der Waals surface area contributed by atoms with Crippen LogP contribution in [-0.2, 0) is 20.0 Å². The van der Waals surface area contributed by atoms with E-state index >= 15 is 0 Å². The van der Waals surface area contributed by atoms with Crippen molar-refractivity contribution in [1.82, 2.24) is 24.6 Å². The molecule has 4 rings (SSSR count). The number of aromatic amines is 1. The molecule has 0 fully saturated rings. The Morgan fingerprint density at radius 3 is 3.04 bits per heavy atom. The third kappa shape index (κ3) is 2.51. The van der Waals surface area contributed by atoms with Crippen LogP contribution < -0.4 is 0 Å². The van der Waals surface area contributed by atoms with Gasteiger partial charge in [-0.1, -0.05) is 11.6 Å².